The van der Waals surface area contributed by atoms with Crippen molar-refractivity contribution in [3.63, 3.8) is 0 Å². The van der Waals surface area contributed by atoms with E-state index < -0.39 is 17.4 Å². The fourth-order valence-electron chi connectivity index (χ4n) is 2.22. The molecule has 0 aliphatic heterocycles. The third kappa shape index (κ3) is 3.07. The van der Waals surface area contributed by atoms with E-state index in [0.717, 1.165) is 10.9 Å². The van der Waals surface area contributed by atoms with Crippen LogP contribution in [-0.2, 0) is 9.53 Å². The number of aromatic amines is 1. The lowest BCUT2D eigenvalue weighted by molar-refractivity contribution is -0.145. The molecule has 1 aromatic heterocycles. The standard InChI is InChI=1S/C16H20N2O3/c1-16(2,3)13(15(20)21-4)18-14(19)11-9-17-12-8-6-5-7-10(11)12/h5-9,13,17H,1-4H3,(H,18,19)/t13-/m1/s1. The number of hydrogen-bond donors (Lipinski definition) is 2. The topological polar surface area (TPSA) is 71.2 Å². The summed E-state index contributed by atoms with van der Waals surface area (Å²) >= 11 is 0. The number of esters is 1. The maximum absolute atomic E-state index is 12.5. The summed E-state index contributed by atoms with van der Waals surface area (Å²) in [6, 6.07) is 6.82. The Kier molecular flexibility index (Phi) is 4.02. The smallest absolute Gasteiger partial charge is 0.328 e. The molecule has 0 spiro atoms. The Morgan fingerprint density at radius 3 is 2.52 bits per heavy atom. The lowest BCUT2D eigenvalue weighted by atomic mass is 9.86. The number of nitrogens with one attached hydrogen (secondary N) is 2. The SMILES string of the molecule is COC(=O)[C@@H](NC(=O)c1c[nH]c2ccccc12)C(C)(C)C. The van der Waals surface area contributed by atoms with E-state index in [9.17, 15) is 9.59 Å². The first-order chi connectivity index (χ1) is 9.84. The molecule has 0 radical (unpaired) electrons. The molecule has 2 aromatic rings. The van der Waals surface area contributed by atoms with Gasteiger partial charge >= 0.3 is 5.97 Å². The highest BCUT2D eigenvalue weighted by Crippen LogP contribution is 2.22. The molecule has 5 nitrogen and oxygen atoms in total. The van der Waals surface area contributed by atoms with Crippen LogP contribution in [0.2, 0.25) is 0 Å². The van der Waals surface area contributed by atoms with Crippen molar-refractivity contribution < 1.29 is 14.3 Å². The zero-order valence-electron chi connectivity index (χ0n) is 12.7. The highest BCUT2D eigenvalue weighted by Gasteiger charge is 2.34. The molecular weight excluding hydrogens is 268 g/mol. The predicted molar refractivity (Wildman–Crippen MR) is 81.0 cm³/mol. The van der Waals surface area contributed by atoms with Gasteiger partial charge in [-0.25, -0.2) is 4.79 Å². The first kappa shape index (κ1) is 15.1. The molecule has 2 N–H and O–H groups in total. The number of fused-ring (bicyclic) bond motifs is 1. The number of benzene rings is 1. The Morgan fingerprint density at radius 2 is 1.90 bits per heavy atom. The normalized spacial score (nSPS) is 13.0. The van der Waals surface area contributed by atoms with Gasteiger partial charge in [-0.3, -0.25) is 4.79 Å². The summed E-state index contributed by atoms with van der Waals surface area (Å²) < 4.78 is 4.78. The van der Waals surface area contributed by atoms with E-state index in [2.05, 4.69) is 10.3 Å². The van der Waals surface area contributed by atoms with E-state index in [4.69, 9.17) is 4.74 Å². The second kappa shape index (κ2) is 5.60. The number of rotatable bonds is 3. The number of hydrogen-bond acceptors (Lipinski definition) is 3. The van der Waals surface area contributed by atoms with Gasteiger partial charge < -0.3 is 15.0 Å². The summed E-state index contributed by atoms with van der Waals surface area (Å²) in [6.45, 7) is 5.64. The average Bonchev–Trinajstić information content (AvgIpc) is 2.86. The molecule has 0 bridgehead atoms. The lowest BCUT2D eigenvalue weighted by Gasteiger charge is -2.28. The first-order valence-electron chi connectivity index (χ1n) is 6.79. The maximum Gasteiger partial charge on any atom is 0.328 e. The van der Waals surface area contributed by atoms with Gasteiger partial charge in [-0.05, 0) is 11.5 Å². The number of methoxy groups -OCH3 is 1. The van der Waals surface area contributed by atoms with E-state index in [1.54, 1.807) is 6.20 Å². The van der Waals surface area contributed by atoms with Gasteiger partial charge in [0.2, 0.25) is 0 Å². The monoisotopic (exact) mass is 288 g/mol. The molecule has 0 fully saturated rings. The number of H-pyrrole nitrogens is 1. The summed E-state index contributed by atoms with van der Waals surface area (Å²) in [6.07, 6.45) is 1.65. The number of para-hydroxylation sites is 1. The van der Waals surface area contributed by atoms with Gasteiger partial charge in [-0.2, -0.15) is 0 Å². The molecule has 0 saturated carbocycles. The number of ether oxygens (including phenoxy) is 1. The van der Waals surface area contributed by atoms with Crippen molar-refractivity contribution in [1.29, 1.82) is 0 Å². The van der Waals surface area contributed by atoms with Crippen molar-refractivity contribution in [3.8, 4) is 0 Å². The summed E-state index contributed by atoms with van der Waals surface area (Å²) in [5.41, 5.74) is 0.964. The number of amides is 1. The van der Waals surface area contributed by atoms with E-state index in [-0.39, 0.29) is 5.91 Å². The molecule has 1 heterocycles. The summed E-state index contributed by atoms with van der Waals surface area (Å²) in [7, 11) is 1.32. The third-order valence-corrected chi connectivity index (χ3v) is 3.41. The average molecular weight is 288 g/mol. The molecule has 1 amide bonds. The second-order valence-electron chi connectivity index (χ2n) is 6.04. The minimum absolute atomic E-state index is 0.294. The van der Waals surface area contributed by atoms with Gasteiger partial charge in [-0.1, -0.05) is 39.0 Å². The molecular formula is C16H20N2O3. The van der Waals surface area contributed by atoms with Crippen molar-refractivity contribution in [2.75, 3.05) is 7.11 Å². The van der Waals surface area contributed by atoms with E-state index in [0.29, 0.717) is 5.56 Å². The molecule has 2 rings (SSSR count). The van der Waals surface area contributed by atoms with Crippen molar-refractivity contribution in [2.24, 2.45) is 5.41 Å². The van der Waals surface area contributed by atoms with E-state index in [1.165, 1.54) is 7.11 Å². The summed E-state index contributed by atoms with van der Waals surface area (Å²) in [5, 5.41) is 3.60. The van der Waals surface area contributed by atoms with Crippen LogP contribution in [0.5, 0.6) is 0 Å². The number of carbonyl (C=O) groups is 2. The maximum atomic E-state index is 12.5. The molecule has 5 heteroatoms. The minimum atomic E-state index is -0.705. The van der Waals surface area contributed by atoms with Crippen LogP contribution in [0.1, 0.15) is 31.1 Å². The zero-order chi connectivity index (χ0) is 15.6. The van der Waals surface area contributed by atoms with Crippen molar-refractivity contribution in [1.82, 2.24) is 10.3 Å². The molecule has 1 aromatic carbocycles. The van der Waals surface area contributed by atoms with Gasteiger partial charge in [0.25, 0.3) is 5.91 Å². The van der Waals surface area contributed by atoms with Crippen LogP contribution in [0.4, 0.5) is 0 Å². The van der Waals surface area contributed by atoms with Crippen LogP contribution < -0.4 is 5.32 Å². The number of aromatic nitrogens is 1. The highest BCUT2D eigenvalue weighted by molar-refractivity contribution is 6.07. The third-order valence-electron chi connectivity index (χ3n) is 3.41. The van der Waals surface area contributed by atoms with Crippen LogP contribution in [0.15, 0.2) is 30.5 Å². The largest absolute Gasteiger partial charge is 0.467 e. The second-order valence-corrected chi connectivity index (χ2v) is 6.04. The molecule has 0 aliphatic rings. The molecule has 0 saturated heterocycles. The van der Waals surface area contributed by atoms with Crippen LogP contribution in [-0.4, -0.2) is 30.0 Å². The van der Waals surface area contributed by atoms with Crippen LogP contribution >= 0.6 is 0 Å². The van der Waals surface area contributed by atoms with Gasteiger partial charge in [0, 0.05) is 17.1 Å². The van der Waals surface area contributed by atoms with Crippen molar-refractivity contribution >= 4 is 22.8 Å². The molecule has 0 aliphatic carbocycles. The van der Waals surface area contributed by atoms with Gasteiger partial charge in [-0.15, -0.1) is 0 Å². The van der Waals surface area contributed by atoms with Crippen molar-refractivity contribution in [2.45, 2.75) is 26.8 Å². The highest BCUT2D eigenvalue weighted by atomic mass is 16.5. The fourth-order valence-corrected chi connectivity index (χ4v) is 2.22. The van der Waals surface area contributed by atoms with Crippen LogP contribution in [0.3, 0.4) is 0 Å². The molecule has 1 atom stereocenters. The Morgan fingerprint density at radius 1 is 1.24 bits per heavy atom. The Bertz CT molecular complexity index is 667. The van der Waals surface area contributed by atoms with Crippen LogP contribution in [0.25, 0.3) is 10.9 Å². The van der Waals surface area contributed by atoms with Gasteiger partial charge in [0.05, 0.1) is 12.7 Å². The Labute approximate surface area is 123 Å². The molecule has 0 unspecified atom stereocenters. The summed E-state index contributed by atoms with van der Waals surface area (Å²) in [4.78, 5) is 27.4. The van der Waals surface area contributed by atoms with Gasteiger partial charge in [0.15, 0.2) is 0 Å². The molecule has 112 valence electrons. The van der Waals surface area contributed by atoms with Crippen molar-refractivity contribution in [3.05, 3.63) is 36.0 Å². The molecule has 21 heavy (non-hydrogen) atoms. The fraction of sp³-hybridized carbons (Fsp3) is 0.375. The zero-order valence-corrected chi connectivity index (χ0v) is 12.7. The predicted octanol–water partition coefficient (Wildman–Crippen LogP) is 2.49. The first-order valence-corrected chi connectivity index (χ1v) is 6.79. The number of carbonyl (C=O) groups excluding carboxylic acids is 2. The summed E-state index contributed by atoms with van der Waals surface area (Å²) in [5.74, 6) is -0.742. The quantitative estimate of drug-likeness (QED) is 0.852. The van der Waals surface area contributed by atoms with E-state index >= 15 is 0 Å². The Balaban J connectivity index is 2.29. The minimum Gasteiger partial charge on any atom is -0.467 e. The van der Waals surface area contributed by atoms with Gasteiger partial charge in [0.1, 0.15) is 6.04 Å². The Hall–Kier alpha value is -2.30. The van der Waals surface area contributed by atoms with Crippen LogP contribution in [0, 0.1) is 5.41 Å². The lowest BCUT2D eigenvalue weighted by Crippen LogP contribution is -2.49. The van der Waals surface area contributed by atoms with E-state index in [1.807, 2.05) is 45.0 Å².